The van der Waals surface area contributed by atoms with Crippen molar-refractivity contribution in [1.29, 1.82) is 0 Å². The van der Waals surface area contributed by atoms with E-state index in [1.54, 1.807) is 30.5 Å². The number of hydrogen-bond acceptors (Lipinski definition) is 4. The van der Waals surface area contributed by atoms with Crippen LogP contribution in [0.5, 0.6) is 5.75 Å². The van der Waals surface area contributed by atoms with Crippen LogP contribution in [0.4, 0.5) is 11.5 Å². The lowest BCUT2D eigenvalue weighted by molar-refractivity contribution is 0.474. The summed E-state index contributed by atoms with van der Waals surface area (Å²) in [6.45, 7) is 3.62. The van der Waals surface area contributed by atoms with Crippen LogP contribution in [-0.2, 0) is 0 Å². The predicted octanol–water partition coefficient (Wildman–Crippen LogP) is 3.17. The van der Waals surface area contributed by atoms with Crippen LogP contribution in [-0.4, -0.2) is 15.3 Å². The summed E-state index contributed by atoms with van der Waals surface area (Å²) < 4.78 is 0. The number of H-pyrrole nitrogens is 1. The summed E-state index contributed by atoms with van der Waals surface area (Å²) in [6, 6.07) is 6.71. The van der Waals surface area contributed by atoms with Gasteiger partial charge in [-0.05, 0) is 12.1 Å². The van der Waals surface area contributed by atoms with E-state index in [0.717, 1.165) is 0 Å². The minimum atomic E-state index is 0.135. The molecule has 0 bridgehead atoms. The molecule has 2 N–H and O–H groups in total. The molecule has 1 heterocycles. The van der Waals surface area contributed by atoms with Crippen LogP contribution in [0.1, 0.15) is 5.56 Å². The SMILES string of the molecule is C=Cc1c(O)cccc1N=Nc1ccn[nH]1. The van der Waals surface area contributed by atoms with Gasteiger partial charge in [0, 0.05) is 11.6 Å². The van der Waals surface area contributed by atoms with E-state index < -0.39 is 0 Å². The number of aromatic amines is 1. The van der Waals surface area contributed by atoms with E-state index in [1.165, 1.54) is 6.08 Å². The third-order valence-corrected chi connectivity index (χ3v) is 2.02. The molecule has 0 saturated carbocycles. The summed E-state index contributed by atoms with van der Waals surface area (Å²) in [5.74, 6) is 0.689. The molecule has 0 atom stereocenters. The normalized spacial score (nSPS) is 10.8. The Balaban J connectivity index is 2.34. The third kappa shape index (κ3) is 1.98. The number of phenolic OH excluding ortho intramolecular Hbond substituents is 1. The molecule has 0 radical (unpaired) electrons. The number of aromatic hydroxyl groups is 1. The Morgan fingerprint density at radius 3 is 2.88 bits per heavy atom. The van der Waals surface area contributed by atoms with Crippen molar-refractivity contribution in [2.75, 3.05) is 0 Å². The van der Waals surface area contributed by atoms with Crippen LogP contribution >= 0.6 is 0 Å². The van der Waals surface area contributed by atoms with Crippen LogP contribution in [0.3, 0.4) is 0 Å². The van der Waals surface area contributed by atoms with E-state index in [1.807, 2.05) is 0 Å². The lowest BCUT2D eigenvalue weighted by Gasteiger charge is -2.00. The maximum absolute atomic E-state index is 9.56. The van der Waals surface area contributed by atoms with Gasteiger partial charge in [0.1, 0.15) is 5.75 Å². The molecule has 0 unspecified atom stereocenters. The second-order valence-electron chi connectivity index (χ2n) is 3.06. The molecule has 0 saturated heterocycles. The van der Waals surface area contributed by atoms with Gasteiger partial charge in [-0.2, -0.15) is 5.10 Å². The van der Waals surface area contributed by atoms with E-state index in [-0.39, 0.29) is 5.75 Å². The highest BCUT2D eigenvalue weighted by Crippen LogP contribution is 2.29. The molecule has 2 aromatic rings. The number of benzene rings is 1. The summed E-state index contributed by atoms with van der Waals surface area (Å²) in [6.07, 6.45) is 3.13. The lowest BCUT2D eigenvalue weighted by atomic mass is 10.1. The molecule has 1 aromatic heterocycles. The van der Waals surface area contributed by atoms with Gasteiger partial charge in [-0.1, -0.05) is 18.7 Å². The van der Waals surface area contributed by atoms with E-state index in [9.17, 15) is 5.11 Å². The first kappa shape index (κ1) is 10.1. The van der Waals surface area contributed by atoms with Crippen molar-refractivity contribution in [3.63, 3.8) is 0 Å². The zero-order valence-corrected chi connectivity index (χ0v) is 8.46. The largest absolute Gasteiger partial charge is 0.507 e. The predicted molar refractivity (Wildman–Crippen MR) is 61.0 cm³/mol. The smallest absolute Gasteiger partial charge is 0.170 e. The number of aromatic nitrogens is 2. The molecule has 0 aliphatic rings. The topological polar surface area (TPSA) is 73.6 Å². The molecule has 0 fully saturated rings. The van der Waals surface area contributed by atoms with Gasteiger partial charge in [0.05, 0.1) is 11.9 Å². The first-order valence-corrected chi connectivity index (χ1v) is 4.67. The van der Waals surface area contributed by atoms with E-state index >= 15 is 0 Å². The monoisotopic (exact) mass is 214 g/mol. The summed E-state index contributed by atoms with van der Waals surface area (Å²) in [5, 5.41) is 23.9. The zero-order chi connectivity index (χ0) is 11.4. The standard InChI is InChI=1S/C11H10N4O/c1-2-8-9(4-3-5-10(8)16)13-15-11-6-7-12-14-11/h2-7,16H,1H2,(H,12,14). The second-order valence-corrected chi connectivity index (χ2v) is 3.06. The van der Waals surface area contributed by atoms with Crippen molar-refractivity contribution in [3.8, 4) is 5.75 Å². The number of phenols is 1. The molecule has 0 spiro atoms. The second kappa shape index (κ2) is 4.39. The summed E-state index contributed by atoms with van der Waals surface area (Å²) in [5.41, 5.74) is 1.12. The first-order valence-electron chi connectivity index (χ1n) is 4.67. The fourth-order valence-corrected chi connectivity index (χ4v) is 1.25. The Morgan fingerprint density at radius 2 is 2.19 bits per heavy atom. The quantitative estimate of drug-likeness (QED) is 0.770. The van der Waals surface area contributed by atoms with Crippen molar-refractivity contribution in [3.05, 3.63) is 42.6 Å². The minimum absolute atomic E-state index is 0.135. The van der Waals surface area contributed by atoms with Crippen molar-refractivity contribution < 1.29 is 5.11 Å². The summed E-state index contributed by atoms with van der Waals surface area (Å²) >= 11 is 0. The number of hydrogen-bond donors (Lipinski definition) is 2. The van der Waals surface area contributed by atoms with Gasteiger partial charge >= 0.3 is 0 Å². The molecule has 0 amide bonds. The van der Waals surface area contributed by atoms with Crippen molar-refractivity contribution in [2.24, 2.45) is 10.2 Å². The van der Waals surface area contributed by atoms with E-state index in [2.05, 4.69) is 27.0 Å². The fourth-order valence-electron chi connectivity index (χ4n) is 1.25. The van der Waals surface area contributed by atoms with Gasteiger partial charge in [-0.25, -0.2) is 0 Å². The molecule has 16 heavy (non-hydrogen) atoms. The van der Waals surface area contributed by atoms with Crippen LogP contribution in [0.2, 0.25) is 0 Å². The molecule has 5 heteroatoms. The molecule has 2 rings (SSSR count). The highest BCUT2D eigenvalue weighted by Gasteiger charge is 2.02. The van der Waals surface area contributed by atoms with E-state index in [0.29, 0.717) is 17.1 Å². The Morgan fingerprint density at radius 1 is 1.31 bits per heavy atom. The molecule has 0 aliphatic heterocycles. The van der Waals surface area contributed by atoms with Crippen molar-refractivity contribution in [1.82, 2.24) is 10.2 Å². The van der Waals surface area contributed by atoms with Crippen LogP contribution in [0.25, 0.3) is 6.08 Å². The molecule has 5 nitrogen and oxygen atoms in total. The van der Waals surface area contributed by atoms with Gasteiger partial charge < -0.3 is 5.11 Å². The molecule has 0 aliphatic carbocycles. The third-order valence-electron chi connectivity index (χ3n) is 2.02. The molecular weight excluding hydrogens is 204 g/mol. The maximum Gasteiger partial charge on any atom is 0.170 e. The summed E-state index contributed by atoms with van der Waals surface area (Å²) in [4.78, 5) is 0. The Hall–Kier alpha value is -2.43. The highest BCUT2D eigenvalue weighted by molar-refractivity contribution is 5.68. The van der Waals surface area contributed by atoms with Crippen molar-refractivity contribution in [2.45, 2.75) is 0 Å². The van der Waals surface area contributed by atoms with Gasteiger partial charge in [0.15, 0.2) is 5.82 Å². The maximum atomic E-state index is 9.56. The summed E-state index contributed by atoms with van der Waals surface area (Å²) in [7, 11) is 0. The average Bonchev–Trinajstić information content (AvgIpc) is 2.79. The van der Waals surface area contributed by atoms with Crippen LogP contribution in [0.15, 0.2) is 47.3 Å². The van der Waals surface area contributed by atoms with Crippen molar-refractivity contribution >= 4 is 17.6 Å². The highest BCUT2D eigenvalue weighted by atomic mass is 16.3. The lowest BCUT2D eigenvalue weighted by Crippen LogP contribution is -1.75. The van der Waals surface area contributed by atoms with Crippen LogP contribution < -0.4 is 0 Å². The Kier molecular flexibility index (Phi) is 2.77. The number of nitrogens with zero attached hydrogens (tertiary/aromatic N) is 3. The van der Waals surface area contributed by atoms with Gasteiger partial charge in [0.25, 0.3) is 0 Å². The zero-order valence-electron chi connectivity index (χ0n) is 8.46. The molecule has 1 aromatic carbocycles. The van der Waals surface area contributed by atoms with Gasteiger partial charge in [-0.3, -0.25) is 5.10 Å². The average molecular weight is 214 g/mol. The first-order chi connectivity index (χ1) is 7.81. The number of nitrogens with one attached hydrogen (secondary N) is 1. The number of rotatable bonds is 3. The van der Waals surface area contributed by atoms with Gasteiger partial charge in [-0.15, -0.1) is 10.2 Å². The number of azo groups is 1. The molecular formula is C11H10N4O. The van der Waals surface area contributed by atoms with Gasteiger partial charge in [0.2, 0.25) is 0 Å². The molecule has 80 valence electrons. The Labute approximate surface area is 92.2 Å². The fraction of sp³-hybridized carbons (Fsp3) is 0. The minimum Gasteiger partial charge on any atom is -0.507 e. The van der Waals surface area contributed by atoms with E-state index in [4.69, 9.17) is 0 Å². The Bertz CT molecular complexity index is 517. The van der Waals surface area contributed by atoms with Crippen LogP contribution in [0, 0.1) is 0 Å².